The van der Waals surface area contributed by atoms with Crippen LogP contribution < -0.4 is 5.73 Å². The minimum absolute atomic E-state index is 0.0612. The van der Waals surface area contributed by atoms with Crippen molar-refractivity contribution in [3.8, 4) is 0 Å². The van der Waals surface area contributed by atoms with Crippen LogP contribution in [-0.4, -0.2) is 12.1 Å². The van der Waals surface area contributed by atoms with E-state index < -0.39 is 0 Å². The van der Waals surface area contributed by atoms with Crippen molar-refractivity contribution < 1.29 is 9.53 Å². The van der Waals surface area contributed by atoms with Gasteiger partial charge in [-0.2, -0.15) is 0 Å². The van der Waals surface area contributed by atoms with E-state index in [1.54, 1.807) is 6.07 Å². The summed E-state index contributed by atoms with van der Waals surface area (Å²) in [6.45, 7) is 4.10. The molecule has 1 aromatic carbocycles. The number of anilines is 1. The Bertz CT molecular complexity index is 456. The molecule has 104 valence electrons. The average Bonchev–Trinajstić information content (AvgIpc) is 2.42. The number of aryl methyl sites for hydroxylation is 1. The lowest BCUT2D eigenvalue weighted by atomic mass is 9.85. The largest absolute Gasteiger partial charge is 0.459 e. The third kappa shape index (κ3) is 3.28. The highest BCUT2D eigenvalue weighted by molar-refractivity contribution is 5.95. The molecule has 3 nitrogen and oxygen atoms in total. The molecular weight excluding hydrogens is 238 g/mol. The van der Waals surface area contributed by atoms with Crippen molar-refractivity contribution in [1.82, 2.24) is 0 Å². The molecule has 19 heavy (non-hydrogen) atoms. The fourth-order valence-electron chi connectivity index (χ4n) is 2.79. The van der Waals surface area contributed by atoms with Crippen molar-refractivity contribution in [3.63, 3.8) is 0 Å². The highest BCUT2D eigenvalue weighted by atomic mass is 16.5. The first-order valence-corrected chi connectivity index (χ1v) is 7.17. The molecule has 0 heterocycles. The molecule has 0 saturated heterocycles. The van der Waals surface area contributed by atoms with Crippen LogP contribution in [0.4, 0.5) is 5.69 Å². The number of nitrogens with two attached hydrogens (primary N) is 1. The maximum Gasteiger partial charge on any atom is 0.340 e. The molecular formula is C16H23NO2. The quantitative estimate of drug-likeness (QED) is 0.666. The molecule has 2 rings (SSSR count). The third-order valence-electron chi connectivity index (χ3n) is 4.13. The van der Waals surface area contributed by atoms with Crippen LogP contribution in [0, 0.1) is 12.8 Å². The molecule has 0 amide bonds. The number of para-hydroxylation sites is 1. The Labute approximate surface area is 115 Å². The zero-order valence-electron chi connectivity index (χ0n) is 11.8. The second-order valence-corrected chi connectivity index (χ2v) is 5.50. The first kappa shape index (κ1) is 13.9. The number of carbonyl (C=O) groups is 1. The summed E-state index contributed by atoms with van der Waals surface area (Å²) in [6.07, 6.45) is 5.62. The van der Waals surface area contributed by atoms with Crippen LogP contribution in [0.5, 0.6) is 0 Å². The second kappa shape index (κ2) is 6.09. The van der Waals surface area contributed by atoms with E-state index in [-0.39, 0.29) is 12.1 Å². The van der Waals surface area contributed by atoms with Gasteiger partial charge in [0, 0.05) is 5.69 Å². The van der Waals surface area contributed by atoms with Gasteiger partial charge in [0.25, 0.3) is 0 Å². The van der Waals surface area contributed by atoms with Gasteiger partial charge in [0.05, 0.1) is 5.56 Å². The van der Waals surface area contributed by atoms with Gasteiger partial charge in [-0.05, 0) is 43.7 Å². The topological polar surface area (TPSA) is 52.3 Å². The summed E-state index contributed by atoms with van der Waals surface area (Å²) in [7, 11) is 0. The number of ether oxygens (including phenoxy) is 1. The molecule has 0 radical (unpaired) electrons. The normalized spacial score (nSPS) is 23.1. The van der Waals surface area contributed by atoms with Crippen molar-refractivity contribution in [2.45, 2.75) is 52.1 Å². The van der Waals surface area contributed by atoms with E-state index in [0.29, 0.717) is 17.2 Å². The highest BCUT2D eigenvalue weighted by Crippen LogP contribution is 2.29. The van der Waals surface area contributed by atoms with Gasteiger partial charge in [0.2, 0.25) is 0 Å². The van der Waals surface area contributed by atoms with Crippen LogP contribution in [0.3, 0.4) is 0 Å². The highest BCUT2D eigenvalue weighted by Gasteiger charge is 2.25. The zero-order chi connectivity index (χ0) is 13.8. The number of benzene rings is 1. The number of hydrogen-bond donors (Lipinski definition) is 1. The number of rotatable bonds is 3. The summed E-state index contributed by atoms with van der Waals surface area (Å²) < 4.78 is 5.63. The van der Waals surface area contributed by atoms with Gasteiger partial charge in [-0.25, -0.2) is 4.79 Å². The van der Waals surface area contributed by atoms with Gasteiger partial charge >= 0.3 is 5.97 Å². The van der Waals surface area contributed by atoms with E-state index in [1.807, 2.05) is 19.1 Å². The van der Waals surface area contributed by atoms with Gasteiger partial charge in [-0.15, -0.1) is 0 Å². The maximum atomic E-state index is 12.2. The average molecular weight is 261 g/mol. The van der Waals surface area contributed by atoms with E-state index in [0.717, 1.165) is 24.8 Å². The fraction of sp³-hybridized carbons (Fsp3) is 0.562. The summed E-state index contributed by atoms with van der Waals surface area (Å²) in [5, 5.41) is 0. The molecule has 1 saturated carbocycles. The Balaban J connectivity index is 2.02. The predicted molar refractivity (Wildman–Crippen MR) is 77.0 cm³/mol. The molecule has 0 aliphatic heterocycles. The predicted octanol–water partition coefficient (Wildman–Crippen LogP) is 3.70. The van der Waals surface area contributed by atoms with Crippen molar-refractivity contribution in [3.05, 3.63) is 29.3 Å². The molecule has 1 fully saturated rings. The number of nitrogen functional groups attached to an aromatic ring is 1. The van der Waals surface area contributed by atoms with Crippen molar-refractivity contribution >= 4 is 11.7 Å². The molecule has 1 aromatic rings. The monoisotopic (exact) mass is 261 g/mol. The van der Waals surface area contributed by atoms with Gasteiger partial charge in [0.1, 0.15) is 6.10 Å². The molecule has 2 unspecified atom stereocenters. The Morgan fingerprint density at radius 1 is 1.42 bits per heavy atom. The van der Waals surface area contributed by atoms with Crippen LogP contribution in [0.15, 0.2) is 18.2 Å². The Hall–Kier alpha value is -1.51. The zero-order valence-corrected chi connectivity index (χ0v) is 11.8. The lowest BCUT2D eigenvalue weighted by Gasteiger charge is -2.28. The van der Waals surface area contributed by atoms with Gasteiger partial charge in [-0.3, -0.25) is 0 Å². The molecule has 3 heteroatoms. The maximum absolute atomic E-state index is 12.2. The van der Waals surface area contributed by atoms with Gasteiger partial charge < -0.3 is 10.5 Å². The fourth-order valence-corrected chi connectivity index (χ4v) is 2.79. The van der Waals surface area contributed by atoms with E-state index in [1.165, 1.54) is 12.8 Å². The minimum Gasteiger partial charge on any atom is -0.459 e. The Kier molecular flexibility index (Phi) is 4.46. The van der Waals surface area contributed by atoms with E-state index in [4.69, 9.17) is 10.5 Å². The standard InChI is InChI=1S/C16H23NO2/c1-3-12-7-5-8-13(10-12)19-16(18)14-9-4-6-11(2)15(14)17/h4,6,9,12-13H,3,5,7-8,10,17H2,1-2H3. The van der Waals surface area contributed by atoms with Crippen LogP contribution in [-0.2, 0) is 4.74 Å². The van der Waals surface area contributed by atoms with E-state index in [9.17, 15) is 4.79 Å². The number of esters is 1. The third-order valence-corrected chi connectivity index (χ3v) is 4.13. The summed E-state index contributed by atoms with van der Waals surface area (Å²) in [6, 6.07) is 5.49. The SMILES string of the molecule is CCC1CCCC(OC(=O)c2cccc(C)c2N)C1. The Morgan fingerprint density at radius 3 is 2.95 bits per heavy atom. The van der Waals surface area contributed by atoms with Crippen molar-refractivity contribution in [1.29, 1.82) is 0 Å². The molecule has 2 N–H and O–H groups in total. The van der Waals surface area contributed by atoms with Gasteiger partial charge in [-0.1, -0.05) is 31.9 Å². The lowest BCUT2D eigenvalue weighted by molar-refractivity contribution is 0.0141. The van der Waals surface area contributed by atoms with Crippen LogP contribution in [0.2, 0.25) is 0 Å². The van der Waals surface area contributed by atoms with E-state index >= 15 is 0 Å². The van der Waals surface area contributed by atoms with Crippen molar-refractivity contribution in [2.24, 2.45) is 5.92 Å². The van der Waals surface area contributed by atoms with Crippen molar-refractivity contribution in [2.75, 3.05) is 5.73 Å². The molecule has 0 aromatic heterocycles. The second-order valence-electron chi connectivity index (χ2n) is 5.50. The molecule has 1 aliphatic rings. The van der Waals surface area contributed by atoms with Crippen LogP contribution in [0.1, 0.15) is 54.9 Å². The first-order chi connectivity index (χ1) is 9.11. The Morgan fingerprint density at radius 2 is 2.21 bits per heavy atom. The van der Waals surface area contributed by atoms with Crippen LogP contribution >= 0.6 is 0 Å². The smallest absolute Gasteiger partial charge is 0.340 e. The summed E-state index contributed by atoms with van der Waals surface area (Å²) in [5.41, 5.74) is 7.90. The van der Waals surface area contributed by atoms with E-state index in [2.05, 4.69) is 6.92 Å². The summed E-state index contributed by atoms with van der Waals surface area (Å²) >= 11 is 0. The molecule has 1 aliphatic carbocycles. The summed E-state index contributed by atoms with van der Waals surface area (Å²) in [4.78, 5) is 12.2. The van der Waals surface area contributed by atoms with Crippen LogP contribution in [0.25, 0.3) is 0 Å². The van der Waals surface area contributed by atoms with Gasteiger partial charge in [0.15, 0.2) is 0 Å². The molecule has 2 atom stereocenters. The summed E-state index contributed by atoms with van der Waals surface area (Å²) in [5.74, 6) is 0.421. The first-order valence-electron chi connectivity index (χ1n) is 7.17. The number of carbonyl (C=O) groups excluding carboxylic acids is 1. The minimum atomic E-state index is -0.275. The lowest BCUT2D eigenvalue weighted by Crippen LogP contribution is -2.25. The molecule has 0 bridgehead atoms. The molecule has 0 spiro atoms. The number of hydrogen-bond acceptors (Lipinski definition) is 3.